The molecule has 0 spiro atoms. The van der Waals surface area contributed by atoms with Gasteiger partial charge in [0.15, 0.2) is 0 Å². The molecule has 0 bridgehead atoms. The van der Waals surface area contributed by atoms with Gasteiger partial charge < -0.3 is 10.8 Å². The number of carboxylic acids is 1. The standard InChI is InChI=1S/C6H11NO2/c1-3-4-6(2,7)5(8)9/h3-4H,7H2,1-2H3,(H,8,9)/b4-3+/t6-/m1/s1. The summed E-state index contributed by atoms with van der Waals surface area (Å²) in [6, 6.07) is 0. The molecule has 0 heterocycles. The number of aliphatic carboxylic acids is 1. The fraction of sp³-hybridized carbons (Fsp3) is 0.500. The third kappa shape index (κ3) is 2.28. The molecule has 9 heavy (non-hydrogen) atoms. The van der Waals surface area contributed by atoms with Gasteiger partial charge in [-0.05, 0) is 13.8 Å². The van der Waals surface area contributed by atoms with Gasteiger partial charge in [-0.2, -0.15) is 0 Å². The Balaban J connectivity index is 4.19. The van der Waals surface area contributed by atoms with Crippen LogP contribution in [0.25, 0.3) is 0 Å². The molecule has 0 aromatic carbocycles. The number of nitrogens with two attached hydrogens (primary N) is 1. The Bertz CT molecular complexity index is 138. The van der Waals surface area contributed by atoms with E-state index in [2.05, 4.69) is 0 Å². The van der Waals surface area contributed by atoms with Gasteiger partial charge in [0.05, 0.1) is 0 Å². The molecule has 0 aliphatic carbocycles. The van der Waals surface area contributed by atoms with Crippen molar-refractivity contribution in [3.63, 3.8) is 0 Å². The van der Waals surface area contributed by atoms with Gasteiger partial charge >= 0.3 is 5.97 Å². The molecule has 0 rings (SSSR count). The maximum absolute atomic E-state index is 10.2. The molecule has 1 atom stereocenters. The molecular formula is C6H11NO2. The number of carboxylic acid groups (broad SMARTS) is 1. The minimum Gasteiger partial charge on any atom is -0.480 e. The Morgan fingerprint density at radius 2 is 2.22 bits per heavy atom. The van der Waals surface area contributed by atoms with Gasteiger partial charge in [0.1, 0.15) is 5.54 Å². The van der Waals surface area contributed by atoms with E-state index in [-0.39, 0.29) is 0 Å². The van der Waals surface area contributed by atoms with Crippen molar-refractivity contribution in [3.05, 3.63) is 12.2 Å². The van der Waals surface area contributed by atoms with Crippen molar-refractivity contribution in [2.75, 3.05) is 0 Å². The normalized spacial score (nSPS) is 17.7. The first-order valence-electron chi connectivity index (χ1n) is 2.67. The second-order valence-electron chi connectivity index (χ2n) is 2.09. The van der Waals surface area contributed by atoms with E-state index in [9.17, 15) is 4.79 Å². The van der Waals surface area contributed by atoms with E-state index in [4.69, 9.17) is 10.8 Å². The number of carbonyl (C=O) groups is 1. The van der Waals surface area contributed by atoms with Crippen LogP contribution in [0.1, 0.15) is 13.8 Å². The highest BCUT2D eigenvalue weighted by Gasteiger charge is 2.22. The van der Waals surface area contributed by atoms with Crippen LogP contribution in [-0.4, -0.2) is 16.6 Å². The monoisotopic (exact) mass is 129 g/mol. The van der Waals surface area contributed by atoms with Crippen LogP contribution in [0.3, 0.4) is 0 Å². The topological polar surface area (TPSA) is 63.3 Å². The Morgan fingerprint density at radius 1 is 1.78 bits per heavy atom. The van der Waals surface area contributed by atoms with Gasteiger partial charge in [0, 0.05) is 0 Å². The number of rotatable bonds is 2. The van der Waals surface area contributed by atoms with Crippen LogP contribution < -0.4 is 5.73 Å². The quantitative estimate of drug-likeness (QED) is 0.529. The van der Waals surface area contributed by atoms with Crippen molar-refractivity contribution in [2.45, 2.75) is 19.4 Å². The number of hydrogen-bond acceptors (Lipinski definition) is 2. The Labute approximate surface area is 54.2 Å². The Morgan fingerprint density at radius 3 is 2.33 bits per heavy atom. The highest BCUT2D eigenvalue weighted by molar-refractivity contribution is 5.80. The lowest BCUT2D eigenvalue weighted by Crippen LogP contribution is -2.42. The highest BCUT2D eigenvalue weighted by atomic mass is 16.4. The Kier molecular flexibility index (Phi) is 2.40. The smallest absolute Gasteiger partial charge is 0.327 e. The summed E-state index contributed by atoms with van der Waals surface area (Å²) in [5, 5.41) is 8.40. The van der Waals surface area contributed by atoms with Gasteiger partial charge in [0.25, 0.3) is 0 Å². The zero-order chi connectivity index (χ0) is 7.49. The molecule has 0 saturated carbocycles. The lowest BCUT2D eigenvalue weighted by Gasteiger charge is -2.12. The second-order valence-corrected chi connectivity index (χ2v) is 2.09. The lowest BCUT2D eigenvalue weighted by atomic mass is 10.0. The molecule has 0 aliphatic rings. The summed E-state index contributed by atoms with van der Waals surface area (Å²) < 4.78 is 0. The van der Waals surface area contributed by atoms with Gasteiger partial charge in [-0.3, -0.25) is 0 Å². The fourth-order valence-electron chi connectivity index (χ4n) is 0.418. The summed E-state index contributed by atoms with van der Waals surface area (Å²) >= 11 is 0. The van der Waals surface area contributed by atoms with Crippen LogP contribution in [0.4, 0.5) is 0 Å². The average Bonchev–Trinajstić information content (AvgIpc) is 1.65. The predicted molar refractivity (Wildman–Crippen MR) is 35.0 cm³/mol. The molecule has 0 saturated heterocycles. The lowest BCUT2D eigenvalue weighted by molar-refractivity contribution is -0.140. The minimum absolute atomic E-state index is 1.01. The van der Waals surface area contributed by atoms with Crippen molar-refractivity contribution >= 4 is 5.97 Å². The maximum atomic E-state index is 10.2. The molecule has 3 heteroatoms. The van der Waals surface area contributed by atoms with Crippen molar-refractivity contribution in [1.82, 2.24) is 0 Å². The van der Waals surface area contributed by atoms with Gasteiger partial charge in [-0.1, -0.05) is 12.2 Å². The van der Waals surface area contributed by atoms with Gasteiger partial charge in [-0.25, -0.2) is 4.79 Å². The zero-order valence-electron chi connectivity index (χ0n) is 5.59. The first kappa shape index (κ1) is 8.17. The van der Waals surface area contributed by atoms with E-state index in [1.165, 1.54) is 13.0 Å². The van der Waals surface area contributed by atoms with E-state index in [1.54, 1.807) is 13.0 Å². The molecule has 0 fully saturated rings. The molecule has 0 amide bonds. The van der Waals surface area contributed by atoms with E-state index < -0.39 is 11.5 Å². The second kappa shape index (κ2) is 2.64. The van der Waals surface area contributed by atoms with E-state index in [1.807, 2.05) is 0 Å². The summed E-state index contributed by atoms with van der Waals surface area (Å²) in [7, 11) is 0. The average molecular weight is 129 g/mol. The van der Waals surface area contributed by atoms with Gasteiger partial charge in [-0.15, -0.1) is 0 Å². The van der Waals surface area contributed by atoms with Crippen LogP contribution >= 0.6 is 0 Å². The largest absolute Gasteiger partial charge is 0.480 e. The Hall–Kier alpha value is -0.830. The van der Waals surface area contributed by atoms with Crippen molar-refractivity contribution in [1.29, 1.82) is 0 Å². The van der Waals surface area contributed by atoms with E-state index in [0.717, 1.165) is 0 Å². The molecule has 3 N–H and O–H groups in total. The summed E-state index contributed by atoms with van der Waals surface area (Å²) in [5.41, 5.74) is 4.07. The molecule has 3 nitrogen and oxygen atoms in total. The van der Waals surface area contributed by atoms with Crippen molar-refractivity contribution in [3.8, 4) is 0 Å². The molecule has 0 radical (unpaired) electrons. The number of allylic oxidation sites excluding steroid dienone is 1. The summed E-state index contributed by atoms with van der Waals surface area (Å²) in [6.45, 7) is 3.17. The van der Waals surface area contributed by atoms with Gasteiger partial charge in [0.2, 0.25) is 0 Å². The van der Waals surface area contributed by atoms with E-state index in [0.29, 0.717) is 0 Å². The van der Waals surface area contributed by atoms with Crippen LogP contribution in [0.2, 0.25) is 0 Å². The van der Waals surface area contributed by atoms with Crippen LogP contribution in [-0.2, 0) is 4.79 Å². The van der Waals surface area contributed by atoms with Crippen LogP contribution in [0.5, 0.6) is 0 Å². The summed E-state index contributed by atoms with van der Waals surface area (Å²) in [4.78, 5) is 10.2. The summed E-state index contributed by atoms with van der Waals surface area (Å²) in [5.74, 6) is -1.01. The van der Waals surface area contributed by atoms with Crippen LogP contribution in [0.15, 0.2) is 12.2 Å². The zero-order valence-corrected chi connectivity index (χ0v) is 5.59. The fourth-order valence-corrected chi connectivity index (χ4v) is 0.418. The maximum Gasteiger partial charge on any atom is 0.327 e. The third-order valence-corrected chi connectivity index (χ3v) is 0.974. The first-order chi connectivity index (χ1) is 4.00. The highest BCUT2D eigenvalue weighted by Crippen LogP contribution is 1.99. The van der Waals surface area contributed by atoms with Crippen molar-refractivity contribution < 1.29 is 9.90 Å². The summed E-state index contributed by atoms with van der Waals surface area (Å²) in [6.07, 6.45) is 3.06. The molecule has 0 aromatic heterocycles. The van der Waals surface area contributed by atoms with E-state index >= 15 is 0 Å². The molecule has 0 aromatic rings. The molecular weight excluding hydrogens is 118 g/mol. The molecule has 0 unspecified atom stereocenters. The number of hydrogen-bond donors (Lipinski definition) is 2. The third-order valence-electron chi connectivity index (χ3n) is 0.974. The predicted octanol–water partition coefficient (Wildman–Crippen LogP) is 0.365. The minimum atomic E-state index is -1.21. The first-order valence-corrected chi connectivity index (χ1v) is 2.67. The molecule has 52 valence electrons. The molecule has 0 aliphatic heterocycles. The van der Waals surface area contributed by atoms with Crippen LogP contribution in [0, 0.1) is 0 Å². The van der Waals surface area contributed by atoms with Crippen molar-refractivity contribution in [2.24, 2.45) is 5.73 Å². The SMILES string of the molecule is C/C=C/[C@@](C)(N)C(=O)O.